The fourth-order valence-corrected chi connectivity index (χ4v) is 2.04. The molecule has 1 aromatic carbocycles. The lowest BCUT2D eigenvalue weighted by Crippen LogP contribution is -2.09. The highest BCUT2D eigenvalue weighted by Gasteiger charge is 1.99. The van der Waals surface area contributed by atoms with E-state index in [1.807, 2.05) is 30.5 Å². The monoisotopic (exact) mass is 275 g/mol. The summed E-state index contributed by atoms with van der Waals surface area (Å²) in [6, 6.07) is 11.9. The predicted octanol–water partition coefficient (Wildman–Crippen LogP) is 3.18. The molecule has 0 spiro atoms. The molecule has 5 heteroatoms. The summed E-state index contributed by atoms with van der Waals surface area (Å²) in [5, 5.41) is 3.24. The van der Waals surface area contributed by atoms with E-state index in [-0.39, 0.29) is 0 Å². The summed E-state index contributed by atoms with van der Waals surface area (Å²) in [5.74, 6) is 0.772. The molecule has 0 amide bonds. The molecule has 1 heterocycles. The summed E-state index contributed by atoms with van der Waals surface area (Å²) in [6.07, 6.45) is 3.72. The molecule has 0 aliphatic rings. The highest BCUT2D eigenvalue weighted by atomic mass is 32.2. The van der Waals surface area contributed by atoms with E-state index in [0.717, 1.165) is 17.1 Å². The number of hydrogen-bond donors (Lipinski definition) is 2. The molecule has 18 heavy (non-hydrogen) atoms. The van der Waals surface area contributed by atoms with Crippen molar-refractivity contribution in [3.63, 3.8) is 0 Å². The maximum Gasteiger partial charge on any atom is 0.130 e. The van der Waals surface area contributed by atoms with Gasteiger partial charge in [-0.25, -0.2) is 4.98 Å². The van der Waals surface area contributed by atoms with Gasteiger partial charge in [-0.15, -0.1) is 11.8 Å². The van der Waals surface area contributed by atoms with E-state index in [9.17, 15) is 0 Å². The number of nitrogens with two attached hydrogens (primary N) is 1. The summed E-state index contributed by atoms with van der Waals surface area (Å²) in [4.78, 5) is 5.83. The molecule has 0 aliphatic carbocycles. The Kier molecular flexibility index (Phi) is 4.17. The van der Waals surface area contributed by atoms with Crippen LogP contribution in [0, 0.1) is 0 Å². The predicted molar refractivity (Wildman–Crippen MR) is 81.6 cm³/mol. The first kappa shape index (κ1) is 12.9. The molecular formula is C13H13N3S2. The highest BCUT2D eigenvalue weighted by Crippen LogP contribution is 2.21. The molecule has 0 aliphatic heterocycles. The topological polar surface area (TPSA) is 50.9 Å². The van der Waals surface area contributed by atoms with Crippen LogP contribution >= 0.6 is 24.0 Å². The molecule has 0 atom stereocenters. The summed E-state index contributed by atoms with van der Waals surface area (Å²) in [6.45, 7) is 0. The van der Waals surface area contributed by atoms with E-state index in [4.69, 9.17) is 18.0 Å². The Bertz CT molecular complexity index is 552. The van der Waals surface area contributed by atoms with E-state index < -0.39 is 0 Å². The Morgan fingerprint density at radius 2 is 2.17 bits per heavy atom. The Morgan fingerprint density at radius 3 is 2.78 bits per heavy atom. The van der Waals surface area contributed by atoms with Crippen molar-refractivity contribution in [3.8, 4) is 0 Å². The molecular weight excluding hydrogens is 262 g/mol. The molecule has 0 saturated heterocycles. The highest BCUT2D eigenvalue weighted by molar-refractivity contribution is 7.98. The molecule has 0 radical (unpaired) electrons. The van der Waals surface area contributed by atoms with Gasteiger partial charge in [0.15, 0.2) is 0 Å². The number of rotatable bonds is 4. The molecule has 0 saturated carbocycles. The fraction of sp³-hybridized carbons (Fsp3) is 0.0769. The van der Waals surface area contributed by atoms with Gasteiger partial charge in [-0.05, 0) is 36.6 Å². The van der Waals surface area contributed by atoms with Gasteiger partial charge < -0.3 is 11.1 Å². The number of thioether (sulfide) groups is 1. The SMILES string of the molecule is CSc1cccc(Nc2ccc(C(N)=S)cn2)c1. The third-order valence-electron chi connectivity index (χ3n) is 2.39. The molecule has 2 rings (SSSR count). The summed E-state index contributed by atoms with van der Waals surface area (Å²) < 4.78 is 0. The van der Waals surface area contributed by atoms with E-state index in [1.165, 1.54) is 4.90 Å². The van der Waals surface area contributed by atoms with Gasteiger partial charge in [-0.2, -0.15) is 0 Å². The van der Waals surface area contributed by atoms with Crippen molar-refractivity contribution in [3.05, 3.63) is 48.2 Å². The van der Waals surface area contributed by atoms with Crippen molar-refractivity contribution < 1.29 is 0 Å². The zero-order valence-electron chi connectivity index (χ0n) is 9.88. The van der Waals surface area contributed by atoms with Crippen LogP contribution in [-0.4, -0.2) is 16.2 Å². The normalized spacial score (nSPS) is 10.1. The second-order valence-corrected chi connectivity index (χ2v) is 4.97. The number of nitrogens with one attached hydrogen (secondary N) is 1. The summed E-state index contributed by atoms with van der Waals surface area (Å²) in [7, 11) is 0. The van der Waals surface area contributed by atoms with Gasteiger partial charge in [0.1, 0.15) is 10.8 Å². The minimum absolute atomic E-state index is 0.360. The van der Waals surface area contributed by atoms with Crippen molar-refractivity contribution in [1.82, 2.24) is 4.98 Å². The number of pyridine rings is 1. The third kappa shape index (κ3) is 3.21. The summed E-state index contributed by atoms with van der Waals surface area (Å²) in [5.41, 5.74) is 7.31. The first-order chi connectivity index (χ1) is 8.69. The minimum atomic E-state index is 0.360. The number of benzene rings is 1. The Morgan fingerprint density at radius 1 is 1.33 bits per heavy atom. The molecule has 0 unspecified atom stereocenters. The van der Waals surface area contributed by atoms with Crippen LogP contribution in [0.15, 0.2) is 47.5 Å². The molecule has 1 aromatic heterocycles. The molecule has 3 nitrogen and oxygen atoms in total. The second-order valence-electron chi connectivity index (χ2n) is 3.65. The van der Waals surface area contributed by atoms with Crippen molar-refractivity contribution in [2.75, 3.05) is 11.6 Å². The fourth-order valence-electron chi connectivity index (χ4n) is 1.46. The van der Waals surface area contributed by atoms with Gasteiger partial charge in [0.25, 0.3) is 0 Å². The van der Waals surface area contributed by atoms with Gasteiger partial charge in [0.2, 0.25) is 0 Å². The van der Waals surface area contributed by atoms with E-state index in [1.54, 1.807) is 18.0 Å². The Labute approximate surface area is 116 Å². The van der Waals surface area contributed by atoms with Crippen LogP contribution in [0.1, 0.15) is 5.56 Å². The first-order valence-electron chi connectivity index (χ1n) is 5.36. The quantitative estimate of drug-likeness (QED) is 0.663. The largest absolute Gasteiger partial charge is 0.389 e. The number of aromatic nitrogens is 1. The van der Waals surface area contributed by atoms with Gasteiger partial charge in [0.05, 0.1) is 0 Å². The average molecular weight is 275 g/mol. The lowest BCUT2D eigenvalue weighted by atomic mass is 10.3. The van der Waals surface area contributed by atoms with E-state index in [2.05, 4.69) is 22.4 Å². The average Bonchev–Trinajstić information content (AvgIpc) is 2.39. The van der Waals surface area contributed by atoms with Gasteiger partial charge in [0, 0.05) is 22.3 Å². The van der Waals surface area contributed by atoms with Gasteiger partial charge >= 0.3 is 0 Å². The summed E-state index contributed by atoms with van der Waals surface area (Å²) >= 11 is 6.59. The second kappa shape index (κ2) is 5.84. The standard InChI is InChI=1S/C13H13N3S2/c1-18-11-4-2-3-10(7-11)16-12-6-5-9(8-15-12)13(14)17/h2-8H,1H3,(H2,14,17)(H,15,16). The maximum absolute atomic E-state index is 5.52. The number of hydrogen-bond acceptors (Lipinski definition) is 4. The van der Waals surface area contributed by atoms with Gasteiger partial charge in [-0.3, -0.25) is 0 Å². The molecule has 2 aromatic rings. The van der Waals surface area contributed by atoms with Crippen LogP contribution in [0.4, 0.5) is 11.5 Å². The number of thiocarbonyl (C=S) groups is 1. The minimum Gasteiger partial charge on any atom is -0.389 e. The van der Waals surface area contributed by atoms with Crippen LogP contribution in [-0.2, 0) is 0 Å². The zero-order valence-corrected chi connectivity index (χ0v) is 11.5. The van der Waals surface area contributed by atoms with Crippen LogP contribution in [0.25, 0.3) is 0 Å². The number of nitrogens with zero attached hydrogens (tertiary/aromatic N) is 1. The van der Waals surface area contributed by atoms with Crippen LogP contribution < -0.4 is 11.1 Å². The van der Waals surface area contributed by atoms with Crippen molar-refractivity contribution in [2.24, 2.45) is 5.73 Å². The zero-order chi connectivity index (χ0) is 13.0. The van der Waals surface area contributed by atoms with Gasteiger partial charge in [-0.1, -0.05) is 18.3 Å². The Balaban J connectivity index is 2.15. The van der Waals surface area contributed by atoms with Crippen molar-refractivity contribution in [2.45, 2.75) is 4.90 Å². The lowest BCUT2D eigenvalue weighted by molar-refractivity contribution is 1.29. The van der Waals surface area contributed by atoms with Crippen molar-refractivity contribution in [1.29, 1.82) is 0 Å². The molecule has 0 bridgehead atoms. The number of anilines is 2. The third-order valence-corrected chi connectivity index (χ3v) is 3.35. The molecule has 92 valence electrons. The lowest BCUT2D eigenvalue weighted by Gasteiger charge is -2.07. The Hall–Kier alpha value is -1.59. The first-order valence-corrected chi connectivity index (χ1v) is 6.99. The molecule has 0 fully saturated rings. The smallest absolute Gasteiger partial charge is 0.130 e. The van der Waals surface area contributed by atoms with Crippen LogP contribution in [0.5, 0.6) is 0 Å². The maximum atomic E-state index is 5.52. The molecule has 3 N–H and O–H groups in total. The van der Waals surface area contributed by atoms with E-state index in [0.29, 0.717) is 4.99 Å². The van der Waals surface area contributed by atoms with Crippen LogP contribution in [0.2, 0.25) is 0 Å². The van der Waals surface area contributed by atoms with Crippen LogP contribution in [0.3, 0.4) is 0 Å². The van der Waals surface area contributed by atoms with Crippen molar-refractivity contribution >= 4 is 40.5 Å². The van der Waals surface area contributed by atoms with E-state index >= 15 is 0 Å².